The molecule has 2 aromatic rings. The predicted octanol–water partition coefficient (Wildman–Crippen LogP) is 1.76. The van der Waals surface area contributed by atoms with Gasteiger partial charge in [0.2, 0.25) is 5.91 Å². The maximum Gasteiger partial charge on any atom is 0.242 e. The largest absolute Gasteiger partial charge is 0.354 e. The highest BCUT2D eigenvalue weighted by molar-refractivity contribution is 6.30. The van der Waals surface area contributed by atoms with Crippen molar-refractivity contribution in [3.63, 3.8) is 0 Å². The molecular weight excluding hydrogens is 364 g/mol. The van der Waals surface area contributed by atoms with E-state index in [0.29, 0.717) is 24.7 Å². The van der Waals surface area contributed by atoms with Crippen LogP contribution < -0.4 is 5.32 Å². The van der Waals surface area contributed by atoms with E-state index in [9.17, 15) is 4.79 Å². The average Bonchev–Trinajstić information content (AvgIpc) is 3.07. The number of aromatic nitrogens is 2. The van der Waals surface area contributed by atoms with E-state index < -0.39 is 0 Å². The molecule has 1 aliphatic heterocycles. The summed E-state index contributed by atoms with van der Waals surface area (Å²) in [6.45, 7) is 5.87. The van der Waals surface area contributed by atoms with Crippen molar-refractivity contribution in [2.75, 3.05) is 33.2 Å². The minimum atomic E-state index is 0.101. The first-order chi connectivity index (χ1) is 13.1. The molecule has 1 amide bonds. The second kappa shape index (κ2) is 8.90. The second-order valence-corrected chi connectivity index (χ2v) is 6.94. The molecule has 1 aromatic carbocycles. The third kappa shape index (κ3) is 5.01. The summed E-state index contributed by atoms with van der Waals surface area (Å²) in [5.41, 5.74) is 1.08. The molecule has 8 heteroatoms. The van der Waals surface area contributed by atoms with Crippen LogP contribution in [0.4, 0.5) is 0 Å². The van der Waals surface area contributed by atoms with Crippen LogP contribution in [0.25, 0.3) is 0 Å². The summed E-state index contributed by atoms with van der Waals surface area (Å²) in [5.74, 6) is 1.84. The Bertz CT molecular complexity index is 801. The molecule has 0 aliphatic carbocycles. The van der Waals surface area contributed by atoms with Crippen LogP contribution in [0.2, 0.25) is 5.02 Å². The van der Waals surface area contributed by atoms with Crippen molar-refractivity contribution in [3.05, 3.63) is 53.1 Å². The zero-order valence-electron chi connectivity index (χ0n) is 15.7. The summed E-state index contributed by atoms with van der Waals surface area (Å²) < 4.78 is 2.08. The van der Waals surface area contributed by atoms with Crippen molar-refractivity contribution in [2.45, 2.75) is 20.0 Å². The molecule has 1 aromatic heterocycles. The van der Waals surface area contributed by atoms with Gasteiger partial charge in [0.15, 0.2) is 5.96 Å². The maximum atomic E-state index is 12.6. The summed E-state index contributed by atoms with van der Waals surface area (Å²) in [4.78, 5) is 25.0. The molecule has 0 spiro atoms. The molecule has 7 nitrogen and oxygen atoms in total. The highest BCUT2D eigenvalue weighted by Gasteiger charge is 2.25. The van der Waals surface area contributed by atoms with Gasteiger partial charge in [0, 0.05) is 57.2 Å². The molecule has 2 heterocycles. The van der Waals surface area contributed by atoms with Crippen LogP contribution in [-0.4, -0.2) is 64.4 Å². The summed E-state index contributed by atoms with van der Waals surface area (Å²) >= 11 is 5.92. The van der Waals surface area contributed by atoms with Gasteiger partial charge in [0.25, 0.3) is 0 Å². The number of hydrogen-bond donors (Lipinski definition) is 1. The Hall–Kier alpha value is -2.54. The van der Waals surface area contributed by atoms with E-state index in [1.165, 1.54) is 0 Å². The van der Waals surface area contributed by atoms with Crippen molar-refractivity contribution >= 4 is 23.5 Å². The van der Waals surface area contributed by atoms with Crippen molar-refractivity contribution in [3.8, 4) is 0 Å². The van der Waals surface area contributed by atoms with Gasteiger partial charge in [-0.15, -0.1) is 0 Å². The van der Waals surface area contributed by atoms with Crippen LogP contribution in [-0.2, 0) is 17.9 Å². The van der Waals surface area contributed by atoms with E-state index in [-0.39, 0.29) is 5.91 Å². The van der Waals surface area contributed by atoms with Gasteiger partial charge in [-0.1, -0.05) is 23.7 Å². The molecule has 0 bridgehead atoms. The Balaban J connectivity index is 1.50. The fraction of sp³-hybridized carbons (Fsp3) is 0.421. The lowest BCUT2D eigenvalue weighted by Crippen LogP contribution is -2.55. The predicted molar refractivity (Wildman–Crippen MR) is 107 cm³/mol. The lowest BCUT2D eigenvalue weighted by atomic mass is 10.2. The van der Waals surface area contributed by atoms with Gasteiger partial charge in [-0.05, 0) is 24.6 Å². The summed E-state index contributed by atoms with van der Waals surface area (Å²) in [5, 5.41) is 4.04. The van der Waals surface area contributed by atoms with Crippen LogP contribution in [0.1, 0.15) is 11.4 Å². The van der Waals surface area contributed by atoms with Gasteiger partial charge >= 0.3 is 0 Å². The molecule has 0 unspecified atom stereocenters. The zero-order chi connectivity index (χ0) is 19.2. The van der Waals surface area contributed by atoms with Crippen molar-refractivity contribution < 1.29 is 4.79 Å². The fourth-order valence-electron chi connectivity index (χ4n) is 3.13. The van der Waals surface area contributed by atoms with Crippen LogP contribution in [0.3, 0.4) is 0 Å². The van der Waals surface area contributed by atoms with Crippen molar-refractivity contribution in [2.24, 2.45) is 4.99 Å². The molecule has 1 saturated heterocycles. The first kappa shape index (κ1) is 19.2. The first-order valence-electron chi connectivity index (χ1n) is 9.02. The lowest BCUT2D eigenvalue weighted by Gasteiger charge is -2.36. The van der Waals surface area contributed by atoms with Crippen LogP contribution in [0.15, 0.2) is 41.7 Å². The number of carbonyl (C=O) groups is 1. The summed E-state index contributed by atoms with van der Waals surface area (Å²) in [7, 11) is 1.75. The number of nitrogens with zero attached hydrogens (tertiary/aromatic N) is 5. The number of halogens is 1. The van der Waals surface area contributed by atoms with E-state index in [4.69, 9.17) is 11.6 Å². The van der Waals surface area contributed by atoms with Crippen LogP contribution in [0, 0.1) is 6.92 Å². The number of rotatable bonds is 5. The smallest absolute Gasteiger partial charge is 0.242 e. The Kier molecular flexibility index (Phi) is 6.34. The zero-order valence-corrected chi connectivity index (χ0v) is 16.5. The van der Waals surface area contributed by atoms with Crippen molar-refractivity contribution in [1.29, 1.82) is 0 Å². The second-order valence-electron chi connectivity index (χ2n) is 6.51. The summed E-state index contributed by atoms with van der Waals surface area (Å²) in [6, 6.07) is 7.62. The number of benzene rings is 1. The van der Waals surface area contributed by atoms with E-state index in [1.54, 1.807) is 13.2 Å². The van der Waals surface area contributed by atoms with Gasteiger partial charge in [0.1, 0.15) is 5.82 Å². The van der Waals surface area contributed by atoms with E-state index in [2.05, 4.69) is 19.9 Å². The van der Waals surface area contributed by atoms with E-state index in [1.807, 2.05) is 47.2 Å². The molecule has 1 fully saturated rings. The third-order valence-corrected chi connectivity index (χ3v) is 4.93. The van der Waals surface area contributed by atoms with Gasteiger partial charge in [-0.25, -0.2) is 4.98 Å². The Labute approximate surface area is 164 Å². The number of amides is 1. The molecular formula is C19H25ClN6O. The molecule has 0 saturated carbocycles. The fourth-order valence-corrected chi connectivity index (χ4v) is 3.25. The highest BCUT2D eigenvalue weighted by Crippen LogP contribution is 2.13. The SMILES string of the molecule is CN=C(NCCn1ccnc1C)N1CCN(Cc2ccc(Cl)cc2)C(=O)C1. The van der Waals surface area contributed by atoms with Gasteiger partial charge in [-0.2, -0.15) is 0 Å². The highest BCUT2D eigenvalue weighted by atomic mass is 35.5. The molecule has 3 rings (SSSR count). The van der Waals surface area contributed by atoms with Gasteiger partial charge < -0.3 is 19.7 Å². The van der Waals surface area contributed by atoms with Gasteiger partial charge in [-0.3, -0.25) is 9.79 Å². The van der Waals surface area contributed by atoms with Crippen LogP contribution >= 0.6 is 11.6 Å². The number of hydrogen-bond acceptors (Lipinski definition) is 3. The number of nitrogens with one attached hydrogen (secondary N) is 1. The third-order valence-electron chi connectivity index (χ3n) is 4.68. The maximum absolute atomic E-state index is 12.6. The standard InChI is InChI=1S/C19H25ClN6O/c1-15-22-7-9-24(15)10-8-23-19(21-2)26-12-11-25(18(27)14-26)13-16-3-5-17(20)6-4-16/h3-7,9H,8,10-14H2,1-2H3,(H,21,23). The number of piperazine rings is 1. The average molecular weight is 389 g/mol. The lowest BCUT2D eigenvalue weighted by molar-refractivity contribution is -0.135. The number of aliphatic imine (C=N–C) groups is 1. The van der Waals surface area contributed by atoms with Crippen molar-refractivity contribution in [1.82, 2.24) is 24.7 Å². The molecule has 1 aliphatic rings. The van der Waals surface area contributed by atoms with E-state index in [0.717, 1.165) is 37.0 Å². The topological polar surface area (TPSA) is 65.8 Å². The quantitative estimate of drug-likeness (QED) is 0.626. The molecule has 27 heavy (non-hydrogen) atoms. The van der Waals surface area contributed by atoms with E-state index >= 15 is 0 Å². The van der Waals surface area contributed by atoms with Gasteiger partial charge in [0.05, 0.1) is 6.54 Å². The first-order valence-corrected chi connectivity index (χ1v) is 9.40. The summed E-state index contributed by atoms with van der Waals surface area (Å²) in [6.07, 6.45) is 3.75. The minimum Gasteiger partial charge on any atom is -0.354 e. The number of guanidine groups is 1. The Morgan fingerprint density at radius 3 is 2.70 bits per heavy atom. The molecule has 144 valence electrons. The minimum absolute atomic E-state index is 0.101. The molecule has 0 radical (unpaired) electrons. The molecule has 1 N–H and O–H groups in total. The Morgan fingerprint density at radius 1 is 1.30 bits per heavy atom. The number of aryl methyl sites for hydroxylation is 1. The van der Waals surface area contributed by atoms with Crippen LogP contribution in [0.5, 0.6) is 0 Å². The number of imidazole rings is 1. The Morgan fingerprint density at radius 2 is 2.07 bits per heavy atom. The molecule has 0 atom stereocenters. The number of carbonyl (C=O) groups excluding carboxylic acids is 1. The monoisotopic (exact) mass is 388 g/mol. The normalized spacial score (nSPS) is 15.4.